The third-order valence-electron chi connectivity index (χ3n) is 6.69. The summed E-state index contributed by atoms with van der Waals surface area (Å²) in [4.78, 5) is 27.1. The Morgan fingerprint density at radius 1 is 1.10 bits per heavy atom. The first-order chi connectivity index (χ1) is 18.8. The summed E-state index contributed by atoms with van der Waals surface area (Å²) in [6, 6.07) is 11.6. The van der Waals surface area contributed by atoms with Gasteiger partial charge >= 0.3 is 0 Å². The lowest BCUT2D eigenvalue weighted by Crippen LogP contribution is -2.17. The molecule has 0 unspecified atom stereocenters. The number of ether oxygens (including phenoxy) is 2. The van der Waals surface area contributed by atoms with Gasteiger partial charge in [-0.15, -0.1) is 0 Å². The maximum absolute atomic E-state index is 13.1. The molecule has 0 bridgehead atoms. The molecule has 1 aliphatic heterocycles. The molecule has 2 aromatic heterocycles. The first kappa shape index (κ1) is 26.6. The van der Waals surface area contributed by atoms with Crippen molar-refractivity contribution in [3.8, 4) is 28.8 Å². The standard InChI is InChI=1S/C30H30N4O4S/c1-16-10-17(2)26(18(3)11-16)32-25(36)15-39-30-23-12-22-20(14-35)13-31-19(4)27(22)38-29(23)33-28(34-30)21-8-6-7-9-24(21)37-5/h6-11,13,35H,12,14-15H2,1-5H3,(H,32,36). The Hall–Kier alpha value is -3.95. The summed E-state index contributed by atoms with van der Waals surface area (Å²) in [5.41, 5.74) is 7.76. The Bertz CT molecular complexity index is 1560. The molecule has 39 heavy (non-hydrogen) atoms. The van der Waals surface area contributed by atoms with Crippen molar-refractivity contribution in [2.45, 2.75) is 45.7 Å². The van der Waals surface area contributed by atoms with Gasteiger partial charge in [0.05, 0.1) is 36.3 Å². The number of anilines is 1. The molecule has 9 heteroatoms. The van der Waals surface area contributed by atoms with Crippen molar-refractivity contribution in [1.82, 2.24) is 15.0 Å². The summed E-state index contributed by atoms with van der Waals surface area (Å²) in [5, 5.41) is 13.6. The zero-order valence-electron chi connectivity index (χ0n) is 22.6. The predicted molar refractivity (Wildman–Crippen MR) is 152 cm³/mol. The molecule has 5 rings (SSSR count). The minimum Gasteiger partial charge on any atom is -0.496 e. The van der Waals surface area contributed by atoms with E-state index in [-0.39, 0.29) is 18.3 Å². The van der Waals surface area contributed by atoms with E-state index in [2.05, 4.69) is 22.4 Å². The van der Waals surface area contributed by atoms with Crippen LogP contribution in [0.2, 0.25) is 0 Å². The fraction of sp³-hybridized carbons (Fsp3) is 0.267. The van der Waals surface area contributed by atoms with E-state index in [1.807, 2.05) is 52.0 Å². The molecule has 0 aliphatic carbocycles. The third kappa shape index (κ3) is 5.32. The number of amides is 1. The van der Waals surface area contributed by atoms with Crippen LogP contribution in [0.3, 0.4) is 0 Å². The van der Waals surface area contributed by atoms with Gasteiger partial charge in [-0.25, -0.2) is 4.98 Å². The van der Waals surface area contributed by atoms with Crippen molar-refractivity contribution < 1.29 is 19.4 Å². The number of rotatable bonds is 7. The minimum atomic E-state index is -0.158. The van der Waals surface area contributed by atoms with Crippen molar-refractivity contribution in [2.75, 3.05) is 18.2 Å². The molecular formula is C30H30N4O4S. The van der Waals surface area contributed by atoms with Gasteiger partial charge in [0.15, 0.2) is 11.6 Å². The molecule has 1 amide bonds. The SMILES string of the molecule is COc1ccccc1-c1nc2c(c(SCC(=O)Nc3c(C)cc(C)cc3C)n1)Cc1c(CO)cnc(C)c1O2. The van der Waals surface area contributed by atoms with Crippen molar-refractivity contribution in [3.63, 3.8) is 0 Å². The maximum atomic E-state index is 13.1. The molecule has 0 saturated heterocycles. The second kappa shape index (κ2) is 11.0. The summed E-state index contributed by atoms with van der Waals surface area (Å²) in [7, 11) is 1.60. The molecule has 2 N–H and O–H groups in total. The van der Waals surface area contributed by atoms with Crippen LogP contribution in [0.15, 0.2) is 47.6 Å². The molecule has 1 aliphatic rings. The fourth-order valence-electron chi connectivity index (χ4n) is 4.85. The summed E-state index contributed by atoms with van der Waals surface area (Å²) in [5.74, 6) is 2.09. The zero-order chi connectivity index (χ0) is 27.7. The molecule has 2 aromatic carbocycles. The highest BCUT2D eigenvalue weighted by molar-refractivity contribution is 8.00. The topological polar surface area (TPSA) is 106 Å². The summed E-state index contributed by atoms with van der Waals surface area (Å²) in [6.07, 6.45) is 2.12. The molecule has 0 atom stereocenters. The van der Waals surface area contributed by atoms with Crippen LogP contribution < -0.4 is 14.8 Å². The van der Waals surface area contributed by atoms with E-state index >= 15 is 0 Å². The number of hydrogen-bond acceptors (Lipinski definition) is 8. The lowest BCUT2D eigenvalue weighted by Gasteiger charge is -2.24. The summed E-state index contributed by atoms with van der Waals surface area (Å²) in [6.45, 7) is 7.73. The van der Waals surface area contributed by atoms with Gasteiger partial charge in [-0.2, -0.15) is 4.98 Å². The second-order valence-electron chi connectivity index (χ2n) is 9.56. The van der Waals surface area contributed by atoms with Crippen LogP contribution in [-0.4, -0.2) is 38.8 Å². The van der Waals surface area contributed by atoms with Crippen LogP contribution in [-0.2, 0) is 17.8 Å². The van der Waals surface area contributed by atoms with Crippen LogP contribution in [0.25, 0.3) is 11.4 Å². The van der Waals surface area contributed by atoms with Crippen LogP contribution in [0, 0.1) is 27.7 Å². The molecule has 0 radical (unpaired) electrons. The van der Waals surface area contributed by atoms with Gasteiger partial charge in [-0.05, 0) is 51.0 Å². The van der Waals surface area contributed by atoms with Gasteiger partial charge in [0, 0.05) is 29.4 Å². The first-order valence-corrected chi connectivity index (χ1v) is 13.6. The number of aromatic nitrogens is 3. The van der Waals surface area contributed by atoms with Crippen molar-refractivity contribution in [1.29, 1.82) is 0 Å². The molecule has 3 heterocycles. The number of carbonyl (C=O) groups is 1. The number of nitrogens with one attached hydrogen (secondary N) is 1. The monoisotopic (exact) mass is 542 g/mol. The first-order valence-electron chi connectivity index (χ1n) is 12.6. The average Bonchev–Trinajstić information content (AvgIpc) is 2.93. The number of pyridine rings is 1. The highest BCUT2D eigenvalue weighted by Gasteiger charge is 2.28. The van der Waals surface area contributed by atoms with E-state index in [0.717, 1.165) is 33.5 Å². The molecule has 0 saturated carbocycles. The fourth-order valence-corrected chi connectivity index (χ4v) is 5.67. The maximum Gasteiger partial charge on any atom is 0.234 e. The Morgan fingerprint density at radius 3 is 2.56 bits per heavy atom. The highest BCUT2D eigenvalue weighted by atomic mass is 32.2. The number of carbonyl (C=O) groups excluding carboxylic acids is 1. The minimum absolute atomic E-state index is 0.130. The van der Waals surface area contributed by atoms with E-state index < -0.39 is 0 Å². The summed E-state index contributed by atoms with van der Waals surface area (Å²) < 4.78 is 11.8. The number of aliphatic hydroxyl groups excluding tert-OH is 1. The largest absolute Gasteiger partial charge is 0.496 e. The van der Waals surface area contributed by atoms with E-state index in [9.17, 15) is 9.90 Å². The second-order valence-corrected chi connectivity index (χ2v) is 10.5. The predicted octanol–water partition coefficient (Wildman–Crippen LogP) is 5.70. The van der Waals surface area contributed by atoms with Crippen LogP contribution in [0.1, 0.15) is 39.1 Å². The van der Waals surface area contributed by atoms with Crippen LogP contribution in [0.5, 0.6) is 17.4 Å². The molecule has 200 valence electrons. The number of nitrogens with zero attached hydrogens (tertiary/aromatic N) is 3. The van der Waals surface area contributed by atoms with Gasteiger partial charge in [-0.1, -0.05) is 41.6 Å². The molecule has 8 nitrogen and oxygen atoms in total. The van der Waals surface area contributed by atoms with Gasteiger partial charge < -0.3 is 19.9 Å². The van der Waals surface area contributed by atoms with Crippen LogP contribution in [0.4, 0.5) is 5.69 Å². The van der Waals surface area contributed by atoms with Crippen molar-refractivity contribution >= 4 is 23.4 Å². The zero-order valence-corrected chi connectivity index (χ0v) is 23.4. The Labute approximate surface area is 231 Å². The lowest BCUT2D eigenvalue weighted by molar-refractivity contribution is -0.113. The van der Waals surface area contributed by atoms with Crippen molar-refractivity contribution in [2.24, 2.45) is 0 Å². The number of hydrogen-bond donors (Lipinski definition) is 2. The number of aryl methyl sites for hydroxylation is 4. The van der Waals surface area contributed by atoms with E-state index in [4.69, 9.17) is 19.4 Å². The van der Waals surface area contributed by atoms with Gasteiger partial charge in [0.1, 0.15) is 10.8 Å². The number of aliphatic hydroxyl groups is 1. The van der Waals surface area contributed by atoms with Crippen LogP contribution >= 0.6 is 11.8 Å². The number of fused-ring (bicyclic) bond motifs is 2. The molecule has 4 aromatic rings. The van der Waals surface area contributed by atoms with E-state index in [1.165, 1.54) is 11.8 Å². The van der Waals surface area contributed by atoms with E-state index in [0.29, 0.717) is 51.5 Å². The number of para-hydroxylation sites is 1. The Morgan fingerprint density at radius 2 is 1.85 bits per heavy atom. The third-order valence-corrected chi connectivity index (χ3v) is 7.71. The van der Waals surface area contributed by atoms with E-state index in [1.54, 1.807) is 13.3 Å². The van der Waals surface area contributed by atoms with Gasteiger partial charge in [-0.3, -0.25) is 9.78 Å². The van der Waals surface area contributed by atoms with Gasteiger partial charge in [0.25, 0.3) is 0 Å². The van der Waals surface area contributed by atoms with Gasteiger partial charge in [0.2, 0.25) is 11.8 Å². The van der Waals surface area contributed by atoms with Crippen molar-refractivity contribution in [3.05, 3.63) is 81.7 Å². The molecule has 0 spiro atoms. The Kier molecular flexibility index (Phi) is 7.54. The molecular weight excluding hydrogens is 512 g/mol. The molecule has 0 fully saturated rings. The number of benzene rings is 2. The lowest BCUT2D eigenvalue weighted by atomic mass is 9.99. The Balaban J connectivity index is 1.51. The smallest absolute Gasteiger partial charge is 0.234 e. The normalized spacial score (nSPS) is 11.8. The number of thioether (sulfide) groups is 1. The number of methoxy groups -OCH3 is 1. The summed E-state index contributed by atoms with van der Waals surface area (Å²) >= 11 is 1.33. The highest BCUT2D eigenvalue weighted by Crippen LogP contribution is 2.43. The quantitative estimate of drug-likeness (QED) is 0.199. The average molecular weight is 543 g/mol.